The van der Waals surface area contributed by atoms with Gasteiger partial charge in [0.15, 0.2) is 11.6 Å². The maximum absolute atomic E-state index is 13.6. The fourth-order valence-corrected chi connectivity index (χ4v) is 2.06. The molecule has 0 amide bonds. The SMILES string of the molecule is CCOc1cc(Nc2cccc(Br)c2)c(N)cc1F. The van der Waals surface area contributed by atoms with Crippen LogP contribution in [0.25, 0.3) is 0 Å². The third-order valence-corrected chi connectivity index (χ3v) is 3.00. The summed E-state index contributed by atoms with van der Waals surface area (Å²) in [5.41, 5.74) is 7.61. The van der Waals surface area contributed by atoms with Gasteiger partial charge in [-0.15, -0.1) is 0 Å². The van der Waals surface area contributed by atoms with E-state index in [0.717, 1.165) is 10.2 Å². The zero-order valence-electron chi connectivity index (χ0n) is 10.4. The van der Waals surface area contributed by atoms with Gasteiger partial charge in [0.05, 0.1) is 18.0 Å². The molecule has 2 aromatic rings. The third-order valence-electron chi connectivity index (χ3n) is 2.51. The number of hydrogen-bond acceptors (Lipinski definition) is 3. The molecule has 0 heterocycles. The lowest BCUT2D eigenvalue weighted by atomic mass is 10.2. The van der Waals surface area contributed by atoms with Gasteiger partial charge < -0.3 is 15.8 Å². The highest BCUT2D eigenvalue weighted by Gasteiger charge is 2.09. The standard InChI is InChI=1S/C14H14BrFN2O/c1-2-19-14-8-13(12(17)7-11(14)16)18-10-5-3-4-9(15)6-10/h3-8,18H,2,17H2,1H3. The van der Waals surface area contributed by atoms with Gasteiger partial charge in [0.25, 0.3) is 0 Å². The van der Waals surface area contributed by atoms with Crippen molar-refractivity contribution in [2.45, 2.75) is 6.92 Å². The van der Waals surface area contributed by atoms with E-state index in [2.05, 4.69) is 21.2 Å². The first kappa shape index (κ1) is 13.7. The quantitative estimate of drug-likeness (QED) is 0.824. The predicted octanol–water partition coefficient (Wildman–Crippen LogP) is 4.31. The molecule has 3 N–H and O–H groups in total. The topological polar surface area (TPSA) is 47.3 Å². The normalized spacial score (nSPS) is 10.3. The Morgan fingerprint density at radius 1 is 1.32 bits per heavy atom. The summed E-state index contributed by atoms with van der Waals surface area (Å²) in [6.07, 6.45) is 0. The van der Waals surface area contributed by atoms with E-state index in [9.17, 15) is 4.39 Å². The lowest BCUT2D eigenvalue weighted by molar-refractivity contribution is 0.322. The lowest BCUT2D eigenvalue weighted by Crippen LogP contribution is -2.01. The monoisotopic (exact) mass is 324 g/mol. The molecule has 0 saturated carbocycles. The molecule has 0 aliphatic carbocycles. The molecular weight excluding hydrogens is 311 g/mol. The van der Waals surface area contributed by atoms with Gasteiger partial charge in [-0.2, -0.15) is 0 Å². The largest absolute Gasteiger partial charge is 0.491 e. The highest BCUT2D eigenvalue weighted by molar-refractivity contribution is 9.10. The minimum atomic E-state index is -0.459. The molecule has 0 atom stereocenters. The van der Waals surface area contributed by atoms with Crippen LogP contribution in [0.3, 0.4) is 0 Å². The zero-order valence-corrected chi connectivity index (χ0v) is 12.0. The third kappa shape index (κ3) is 3.38. The maximum Gasteiger partial charge on any atom is 0.167 e. The molecule has 2 rings (SSSR count). The van der Waals surface area contributed by atoms with Crippen LogP contribution in [0.5, 0.6) is 5.75 Å². The minimum Gasteiger partial charge on any atom is -0.491 e. The van der Waals surface area contributed by atoms with Crippen LogP contribution < -0.4 is 15.8 Å². The van der Waals surface area contributed by atoms with Gasteiger partial charge in [-0.05, 0) is 25.1 Å². The Labute approximate surface area is 119 Å². The van der Waals surface area contributed by atoms with Crippen molar-refractivity contribution in [1.82, 2.24) is 0 Å². The Balaban J connectivity index is 2.31. The van der Waals surface area contributed by atoms with E-state index in [-0.39, 0.29) is 5.75 Å². The summed E-state index contributed by atoms with van der Waals surface area (Å²) < 4.78 is 19.7. The molecular formula is C14H14BrFN2O. The van der Waals surface area contributed by atoms with Crippen LogP contribution in [0.2, 0.25) is 0 Å². The van der Waals surface area contributed by atoms with Crippen molar-refractivity contribution in [3.8, 4) is 5.75 Å². The summed E-state index contributed by atoms with van der Waals surface area (Å²) in [6, 6.07) is 10.4. The number of halogens is 2. The summed E-state index contributed by atoms with van der Waals surface area (Å²) in [5.74, 6) is -0.270. The number of hydrogen-bond donors (Lipinski definition) is 2. The fraction of sp³-hybridized carbons (Fsp3) is 0.143. The molecule has 0 aromatic heterocycles. The smallest absolute Gasteiger partial charge is 0.167 e. The van der Waals surface area contributed by atoms with Crippen molar-refractivity contribution < 1.29 is 9.13 Å². The van der Waals surface area contributed by atoms with Crippen LogP contribution in [0.15, 0.2) is 40.9 Å². The number of benzene rings is 2. The van der Waals surface area contributed by atoms with Gasteiger partial charge in [0.2, 0.25) is 0 Å². The van der Waals surface area contributed by atoms with Crippen molar-refractivity contribution in [3.05, 3.63) is 46.7 Å². The van der Waals surface area contributed by atoms with Crippen LogP contribution in [-0.2, 0) is 0 Å². The molecule has 3 nitrogen and oxygen atoms in total. The molecule has 0 aliphatic heterocycles. The molecule has 0 aliphatic rings. The van der Waals surface area contributed by atoms with Gasteiger partial charge >= 0.3 is 0 Å². The van der Waals surface area contributed by atoms with Crippen molar-refractivity contribution in [2.75, 3.05) is 17.7 Å². The van der Waals surface area contributed by atoms with E-state index in [1.54, 1.807) is 13.0 Å². The van der Waals surface area contributed by atoms with Crippen LogP contribution in [0.4, 0.5) is 21.5 Å². The highest BCUT2D eigenvalue weighted by Crippen LogP contribution is 2.31. The Kier molecular flexibility index (Phi) is 4.27. The maximum atomic E-state index is 13.6. The van der Waals surface area contributed by atoms with Gasteiger partial charge in [0.1, 0.15) is 0 Å². The number of rotatable bonds is 4. The van der Waals surface area contributed by atoms with E-state index in [1.165, 1.54) is 6.07 Å². The summed E-state index contributed by atoms with van der Waals surface area (Å²) in [7, 11) is 0. The predicted molar refractivity (Wildman–Crippen MR) is 79.4 cm³/mol. The van der Waals surface area contributed by atoms with E-state index < -0.39 is 5.82 Å². The Morgan fingerprint density at radius 3 is 2.79 bits per heavy atom. The van der Waals surface area contributed by atoms with Crippen molar-refractivity contribution in [1.29, 1.82) is 0 Å². The number of nitrogen functional groups attached to an aromatic ring is 1. The molecule has 19 heavy (non-hydrogen) atoms. The summed E-state index contributed by atoms with van der Waals surface area (Å²) in [6.45, 7) is 2.20. The van der Waals surface area contributed by atoms with Gasteiger partial charge in [-0.1, -0.05) is 22.0 Å². The van der Waals surface area contributed by atoms with E-state index in [1.807, 2.05) is 24.3 Å². The summed E-state index contributed by atoms with van der Waals surface area (Å²) in [5, 5.41) is 3.14. The van der Waals surface area contributed by atoms with Crippen LogP contribution >= 0.6 is 15.9 Å². The van der Waals surface area contributed by atoms with E-state index in [4.69, 9.17) is 10.5 Å². The fourth-order valence-electron chi connectivity index (χ4n) is 1.66. The van der Waals surface area contributed by atoms with Crippen LogP contribution in [0.1, 0.15) is 6.92 Å². The molecule has 5 heteroatoms. The second kappa shape index (κ2) is 5.93. The Hall–Kier alpha value is -1.75. The van der Waals surface area contributed by atoms with Crippen LogP contribution in [0, 0.1) is 5.82 Å². The lowest BCUT2D eigenvalue weighted by Gasteiger charge is -2.12. The Morgan fingerprint density at radius 2 is 2.11 bits per heavy atom. The molecule has 100 valence electrons. The van der Waals surface area contributed by atoms with Crippen molar-refractivity contribution >= 4 is 33.0 Å². The average Bonchev–Trinajstić information content (AvgIpc) is 2.35. The van der Waals surface area contributed by atoms with E-state index >= 15 is 0 Å². The second-order valence-electron chi connectivity index (χ2n) is 3.94. The Bertz CT molecular complexity index is 590. The zero-order chi connectivity index (χ0) is 13.8. The molecule has 0 bridgehead atoms. The molecule has 0 saturated heterocycles. The highest BCUT2D eigenvalue weighted by atomic mass is 79.9. The minimum absolute atomic E-state index is 0.189. The number of ether oxygens (including phenoxy) is 1. The first-order valence-corrected chi connectivity index (χ1v) is 6.64. The average molecular weight is 325 g/mol. The van der Waals surface area contributed by atoms with Gasteiger partial charge in [-0.3, -0.25) is 0 Å². The summed E-state index contributed by atoms with van der Waals surface area (Å²) in [4.78, 5) is 0. The molecule has 0 radical (unpaired) electrons. The molecule has 0 spiro atoms. The number of nitrogens with two attached hydrogens (primary N) is 1. The first-order valence-electron chi connectivity index (χ1n) is 5.84. The van der Waals surface area contributed by atoms with Crippen molar-refractivity contribution in [3.63, 3.8) is 0 Å². The van der Waals surface area contributed by atoms with Crippen LogP contribution in [-0.4, -0.2) is 6.61 Å². The first-order chi connectivity index (χ1) is 9.10. The van der Waals surface area contributed by atoms with E-state index in [0.29, 0.717) is 18.0 Å². The summed E-state index contributed by atoms with van der Waals surface area (Å²) >= 11 is 3.39. The molecule has 0 unspecified atom stereocenters. The van der Waals surface area contributed by atoms with Crippen molar-refractivity contribution in [2.24, 2.45) is 0 Å². The number of anilines is 3. The van der Waals surface area contributed by atoms with Gasteiger partial charge in [-0.25, -0.2) is 4.39 Å². The number of nitrogens with one attached hydrogen (secondary N) is 1. The molecule has 2 aromatic carbocycles. The molecule has 0 fully saturated rings. The second-order valence-corrected chi connectivity index (χ2v) is 4.85. The van der Waals surface area contributed by atoms with Gasteiger partial charge in [0, 0.05) is 22.3 Å².